The minimum absolute atomic E-state index is 0.0291. The van der Waals surface area contributed by atoms with Crippen molar-refractivity contribution < 1.29 is 9.59 Å². The van der Waals surface area contributed by atoms with Gasteiger partial charge in [0.25, 0.3) is 0 Å². The normalized spacial score (nSPS) is 15.9. The second-order valence-corrected chi connectivity index (χ2v) is 7.68. The highest BCUT2D eigenvalue weighted by molar-refractivity contribution is 5.94. The minimum atomic E-state index is -0.147. The zero-order valence-corrected chi connectivity index (χ0v) is 17.4. The van der Waals surface area contributed by atoms with Gasteiger partial charge in [0.15, 0.2) is 5.82 Å². The van der Waals surface area contributed by atoms with Crippen LogP contribution in [0.3, 0.4) is 0 Å². The van der Waals surface area contributed by atoms with Crippen LogP contribution in [0.4, 0.5) is 17.2 Å². The maximum absolute atomic E-state index is 12.9. The fraction of sp³-hybridized carbons (Fsp3) is 0.250. The number of carbonyl (C=O) groups is 2. The fourth-order valence-corrected chi connectivity index (χ4v) is 3.78. The van der Waals surface area contributed by atoms with E-state index in [0.717, 1.165) is 36.5 Å². The van der Waals surface area contributed by atoms with Crippen LogP contribution >= 0.6 is 0 Å². The van der Waals surface area contributed by atoms with Crippen molar-refractivity contribution >= 4 is 29.0 Å². The number of carbonyl (C=O) groups excluding carboxylic acids is 2. The lowest BCUT2D eigenvalue weighted by molar-refractivity contribution is -0.120. The molecule has 7 heteroatoms. The molecule has 0 spiro atoms. The Morgan fingerprint density at radius 1 is 0.935 bits per heavy atom. The van der Waals surface area contributed by atoms with Gasteiger partial charge in [-0.3, -0.25) is 9.59 Å². The number of nitrogens with zero attached hydrogens (tertiary/aromatic N) is 3. The van der Waals surface area contributed by atoms with Gasteiger partial charge in [-0.25, -0.2) is 0 Å². The number of aromatic nitrogens is 2. The molecular formula is C24H25N5O2. The summed E-state index contributed by atoms with van der Waals surface area (Å²) in [6, 6.07) is 21.0. The van der Waals surface area contributed by atoms with E-state index in [9.17, 15) is 9.59 Å². The van der Waals surface area contributed by atoms with Crippen LogP contribution in [-0.4, -0.2) is 35.1 Å². The molecule has 4 rings (SSSR count). The number of anilines is 3. The van der Waals surface area contributed by atoms with Gasteiger partial charge in [-0.1, -0.05) is 36.4 Å². The quantitative estimate of drug-likeness (QED) is 0.659. The van der Waals surface area contributed by atoms with Crippen molar-refractivity contribution in [3.8, 4) is 11.3 Å². The average molecular weight is 415 g/mol. The van der Waals surface area contributed by atoms with Gasteiger partial charge < -0.3 is 15.5 Å². The van der Waals surface area contributed by atoms with Crippen LogP contribution in [0.15, 0.2) is 66.7 Å². The second-order valence-electron chi connectivity index (χ2n) is 7.68. The topological polar surface area (TPSA) is 87.2 Å². The Labute approximate surface area is 181 Å². The van der Waals surface area contributed by atoms with Gasteiger partial charge >= 0.3 is 0 Å². The Morgan fingerprint density at radius 2 is 1.71 bits per heavy atom. The van der Waals surface area contributed by atoms with E-state index in [1.165, 1.54) is 6.92 Å². The summed E-state index contributed by atoms with van der Waals surface area (Å²) in [5.74, 6) is 0.461. The average Bonchev–Trinajstić information content (AvgIpc) is 2.80. The summed E-state index contributed by atoms with van der Waals surface area (Å²) in [6.07, 6.45) is 1.73. The van der Waals surface area contributed by atoms with Crippen molar-refractivity contribution in [2.24, 2.45) is 5.92 Å². The first-order valence-electron chi connectivity index (χ1n) is 10.4. The Bertz CT molecular complexity index is 1050. The van der Waals surface area contributed by atoms with Crippen LogP contribution in [-0.2, 0) is 9.59 Å². The molecular weight excluding hydrogens is 390 g/mol. The lowest BCUT2D eigenvalue weighted by Crippen LogP contribution is -2.41. The third-order valence-electron chi connectivity index (χ3n) is 5.29. The summed E-state index contributed by atoms with van der Waals surface area (Å²) < 4.78 is 0. The van der Waals surface area contributed by atoms with Gasteiger partial charge in [0.2, 0.25) is 11.8 Å². The van der Waals surface area contributed by atoms with Crippen molar-refractivity contribution in [3.05, 3.63) is 66.7 Å². The van der Waals surface area contributed by atoms with Crippen molar-refractivity contribution in [2.75, 3.05) is 28.6 Å². The first-order valence-corrected chi connectivity index (χ1v) is 10.4. The number of hydrogen-bond acceptors (Lipinski definition) is 5. The van der Waals surface area contributed by atoms with E-state index in [1.807, 2.05) is 48.5 Å². The second kappa shape index (κ2) is 9.38. The van der Waals surface area contributed by atoms with Crippen molar-refractivity contribution in [1.29, 1.82) is 0 Å². The molecule has 1 aliphatic rings. The van der Waals surface area contributed by atoms with Gasteiger partial charge in [0, 0.05) is 37.0 Å². The lowest BCUT2D eigenvalue weighted by atomic mass is 9.97. The molecule has 1 fully saturated rings. The van der Waals surface area contributed by atoms with Crippen molar-refractivity contribution in [2.45, 2.75) is 19.8 Å². The zero-order valence-electron chi connectivity index (χ0n) is 17.4. The molecule has 2 amide bonds. The minimum Gasteiger partial charge on any atom is -0.354 e. The molecule has 1 aromatic heterocycles. The molecule has 1 aliphatic heterocycles. The molecule has 1 atom stereocenters. The van der Waals surface area contributed by atoms with Crippen molar-refractivity contribution in [3.63, 3.8) is 0 Å². The standard InChI is InChI=1S/C24H25N5O2/c1-17(30)25-20-10-5-11-21(15-20)26-24(31)19-9-6-14-29(16-19)23-13-12-22(27-28-23)18-7-3-2-4-8-18/h2-5,7-8,10-13,15,19H,6,9,14,16H2,1H3,(H,25,30)(H,26,31)/t19-/m1/s1. The van der Waals surface area contributed by atoms with Crippen LogP contribution in [0, 0.1) is 5.92 Å². The molecule has 2 heterocycles. The van der Waals surface area contributed by atoms with E-state index < -0.39 is 0 Å². The van der Waals surface area contributed by atoms with E-state index in [4.69, 9.17) is 0 Å². The Kier molecular flexibility index (Phi) is 6.21. The van der Waals surface area contributed by atoms with Gasteiger partial charge in [-0.05, 0) is 43.2 Å². The number of piperidine rings is 1. The molecule has 3 aromatic rings. The number of rotatable bonds is 5. The summed E-state index contributed by atoms with van der Waals surface area (Å²) in [6.45, 7) is 2.90. The smallest absolute Gasteiger partial charge is 0.229 e. The number of hydrogen-bond donors (Lipinski definition) is 2. The molecule has 2 aromatic carbocycles. The fourth-order valence-electron chi connectivity index (χ4n) is 3.78. The van der Waals surface area contributed by atoms with Gasteiger partial charge in [0.05, 0.1) is 11.6 Å². The van der Waals surface area contributed by atoms with E-state index in [-0.39, 0.29) is 17.7 Å². The molecule has 158 valence electrons. The highest BCUT2D eigenvalue weighted by atomic mass is 16.2. The number of benzene rings is 2. The van der Waals surface area contributed by atoms with Gasteiger partial charge in [-0.2, -0.15) is 0 Å². The monoisotopic (exact) mass is 415 g/mol. The first-order chi connectivity index (χ1) is 15.1. The third kappa shape index (κ3) is 5.25. The van der Waals surface area contributed by atoms with E-state index >= 15 is 0 Å². The molecule has 0 unspecified atom stereocenters. The highest BCUT2D eigenvalue weighted by Gasteiger charge is 2.27. The number of nitrogens with one attached hydrogen (secondary N) is 2. The predicted octanol–water partition coefficient (Wildman–Crippen LogP) is 3.96. The zero-order chi connectivity index (χ0) is 21.6. The third-order valence-corrected chi connectivity index (χ3v) is 5.29. The maximum atomic E-state index is 12.9. The molecule has 31 heavy (non-hydrogen) atoms. The van der Waals surface area contributed by atoms with Crippen molar-refractivity contribution in [1.82, 2.24) is 10.2 Å². The molecule has 0 aliphatic carbocycles. The molecule has 0 radical (unpaired) electrons. The molecule has 0 saturated carbocycles. The SMILES string of the molecule is CC(=O)Nc1cccc(NC(=O)[C@@H]2CCCN(c3ccc(-c4ccccc4)nn3)C2)c1. The summed E-state index contributed by atoms with van der Waals surface area (Å²) in [5.41, 5.74) is 3.18. The summed E-state index contributed by atoms with van der Waals surface area (Å²) in [4.78, 5) is 26.2. The molecule has 1 saturated heterocycles. The molecule has 2 N–H and O–H groups in total. The van der Waals surface area contributed by atoms with Crippen LogP contribution in [0.5, 0.6) is 0 Å². The summed E-state index contributed by atoms with van der Waals surface area (Å²) in [5, 5.41) is 14.5. The Morgan fingerprint density at radius 3 is 2.42 bits per heavy atom. The lowest BCUT2D eigenvalue weighted by Gasteiger charge is -2.32. The van der Waals surface area contributed by atoms with Crippen LogP contribution in [0.25, 0.3) is 11.3 Å². The Hall–Kier alpha value is -3.74. The maximum Gasteiger partial charge on any atom is 0.229 e. The molecule has 0 bridgehead atoms. The summed E-state index contributed by atoms with van der Waals surface area (Å²) >= 11 is 0. The van der Waals surface area contributed by atoms with E-state index in [1.54, 1.807) is 18.2 Å². The molecule has 7 nitrogen and oxygen atoms in total. The van der Waals surface area contributed by atoms with Crippen LogP contribution in [0.2, 0.25) is 0 Å². The van der Waals surface area contributed by atoms with Gasteiger partial charge in [-0.15, -0.1) is 10.2 Å². The predicted molar refractivity (Wildman–Crippen MR) is 122 cm³/mol. The largest absolute Gasteiger partial charge is 0.354 e. The van der Waals surface area contributed by atoms with E-state index in [2.05, 4.69) is 25.7 Å². The Balaban J connectivity index is 1.40. The highest BCUT2D eigenvalue weighted by Crippen LogP contribution is 2.25. The van der Waals surface area contributed by atoms with E-state index in [0.29, 0.717) is 17.9 Å². The number of amides is 2. The summed E-state index contributed by atoms with van der Waals surface area (Å²) in [7, 11) is 0. The van der Waals surface area contributed by atoms with Gasteiger partial charge in [0.1, 0.15) is 0 Å². The first kappa shape index (κ1) is 20.5. The van der Waals surface area contributed by atoms with Crippen LogP contribution in [0.1, 0.15) is 19.8 Å². The van der Waals surface area contributed by atoms with Crippen LogP contribution < -0.4 is 15.5 Å².